The van der Waals surface area contributed by atoms with Crippen molar-refractivity contribution in [1.29, 1.82) is 0 Å². The number of para-hydroxylation sites is 2. The number of benzene rings is 2. The molecule has 0 aliphatic heterocycles. The maximum absolute atomic E-state index is 13.0. The molecule has 2 aromatic carbocycles. The van der Waals surface area contributed by atoms with E-state index < -0.39 is 0 Å². The molecule has 2 aromatic rings. The largest absolute Gasteiger partial charge is 0.281 e. The number of carbonyl (C=O) groups excluding carboxylic acids is 1. The Morgan fingerprint density at radius 3 is 1.82 bits per heavy atom. The Bertz CT molecular complexity index is 613. The van der Waals surface area contributed by atoms with Crippen molar-refractivity contribution in [3.05, 3.63) is 60.7 Å². The summed E-state index contributed by atoms with van der Waals surface area (Å²) in [6.45, 7) is 4.60. The van der Waals surface area contributed by atoms with E-state index in [2.05, 4.69) is 13.8 Å². The summed E-state index contributed by atoms with van der Waals surface area (Å²) in [6.07, 6.45) is 12.1. The minimum atomic E-state index is 0.184. The summed E-state index contributed by atoms with van der Waals surface area (Å²) < 4.78 is 0. The van der Waals surface area contributed by atoms with Crippen LogP contribution in [0, 0.1) is 5.92 Å². The summed E-state index contributed by atoms with van der Waals surface area (Å²) in [5.41, 5.74) is 1.89. The second-order valence-electron chi connectivity index (χ2n) is 7.95. The van der Waals surface area contributed by atoms with Crippen LogP contribution in [0.25, 0.3) is 0 Å². The second kappa shape index (κ2) is 13.1. The number of hydrogen-bond acceptors (Lipinski definition) is 1. The highest BCUT2D eigenvalue weighted by atomic mass is 16.2. The average Bonchev–Trinajstić information content (AvgIpc) is 2.72. The number of carbonyl (C=O) groups is 1. The Kier molecular flexibility index (Phi) is 10.4. The molecular weight excluding hydrogens is 342 g/mol. The third-order valence-electron chi connectivity index (χ3n) is 5.42. The van der Waals surface area contributed by atoms with Crippen molar-refractivity contribution in [3.8, 4) is 0 Å². The topological polar surface area (TPSA) is 20.3 Å². The molecule has 0 radical (unpaired) electrons. The first-order valence-electron chi connectivity index (χ1n) is 11.2. The van der Waals surface area contributed by atoms with Crippen molar-refractivity contribution < 1.29 is 4.79 Å². The summed E-state index contributed by atoms with van der Waals surface area (Å²) >= 11 is 0. The predicted molar refractivity (Wildman–Crippen MR) is 121 cm³/mol. The summed E-state index contributed by atoms with van der Waals surface area (Å²) in [6, 6.07) is 19.9. The van der Waals surface area contributed by atoms with Gasteiger partial charge in [-0.2, -0.15) is 0 Å². The third-order valence-corrected chi connectivity index (χ3v) is 5.42. The van der Waals surface area contributed by atoms with Crippen LogP contribution in [0.3, 0.4) is 0 Å². The van der Waals surface area contributed by atoms with Crippen LogP contribution in [0.4, 0.5) is 11.4 Å². The van der Waals surface area contributed by atoms with Gasteiger partial charge in [-0.3, -0.25) is 9.69 Å². The van der Waals surface area contributed by atoms with E-state index in [4.69, 9.17) is 0 Å². The van der Waals surface area contributed by atoms with Crippen LogP contribution in [-0.4, -0.2) is 5.91 Å². The Hall–Kier alpha value is -2.09. The van der Waals surface area contributed by atoms with Crippen LogP contribution >= 0.6 is 0 Å². The van der Waals surface area contributed by atoms with Gasteiger partial charge in [-0.15, -0.1) is 0 Å². The standard InChI is InChI=1S/C26H37NO/c1-3-4-5-6-7-10-16-23(2)17-15-22-26(28)27(24-18-11-8-12-19-24)25-20-13-9-14-21-25/h8-9,11-14,18-21,23H,3-7,10,15-17,22H2,1-2H3. The normalized spacial score (nSPS) is 11.9. The van der Waals surface area contributed by atoms with Crippen molar-refractivity contribution in [2.24, 2.45) is 5.92 Å². The molecule has 2 rings (SSSR count). The fourth-order valence-corrected chi connectivity index (χ4v) is 3.72. The van der Waals surface area contributed by atoms with Crippen LogP contribution in [0.1, 0.15) is 78.1 Å². The van der Waals surface area contributed by atoms with Gasteiger partial charge >= 0.3 is 0 Å². The van der Waals surface area contributed by atoms with Gasteiger partial charge in [0.1, 0.15) is 0 Å². The van der Waals surface area contributed by atoms with Crippen molar-refractivity contribution in [3.63, 3.8) is 0 Å². The van der Waals surface area contributed by atoms with Crippen LogP contribution in [0.2, 0.25) is 0 Å². The van der Waals surface area contributed by atoms with E-state index >= 15 is 0 Å². The highest BCUT2D eigenvalue weighted by Gasteiger charge is 2.17. The van der Waals surface area contributed by atoms with Crippen LogP contribution < -0.4 is 4.90 Å². The van der Waals surface area contributed by atoms with Crippen molar-refractivity contribution >= 4 is 17.3 Å². The second-order valence-corrected chi connectivity index (χ2v) is 7.95. The molecule has 1 atom stereocenters. The van der Waals surface area contributed by atoms with E-state index in [0.717, 1.165) is 24.2 Å². The van der Waals surface area contributed by atoms with Crippen LogP contribution in [-0.2, 0) is 4.79 Å². The number of rotatable bonds is 13. The van der Waals surface area contributed by atoms with E-state index in [0.29, 0.717) is 12.3 Å². The minimum absolute atomic E-state index is 0.184. The molecule has 0 aliphatic rings. The Morgan fingerprint density at radius 2 is 1.25 bits per heavy atom. The summed E-state index contributed by atoms with van der Waals surface area (Å²) in [5.74, 6) is 0.894. The molecule has 0 heterocycles. The zero-order valence-electron chi connectivity index (χ0n) is 17.8. The molecule has 2 heteroatoms. The molecule has 2 nitrogen and oxygen atoms in total. The van der Waals surface area contributed by atoms with Gasteiger partial charge < -0.3 is 0 Å². The molecule has 1 amide bonds. The van der Waals surface area contributed by atoms with E-state index in [1.807, 2.05) is 65.6 Å². The smallest absolute Gasteiger partial charge is 0.231 e. The zero-order chi connectivity index (χ0) is 20.0. The fraction of sp³-hybridized carbons (Fsp3) is 0.500. The lowest BCUT2D eigenvalue weighted by atomic mass is 9.96. The van der Waals surface area contributed by atoms with E-state index in [-0.39, 0.29) is 5.91 Å². The van der Waals surface area contributed by atoms with E-state index in [1.165, 1.54) is 44.9 Å². The maximum atomic E-state index is 13.0. The van der Waals surface area contributed by atoms with Gasteiger partial charge in [-0.05, 0) is 36.6 Å². The van der Waals surface area contributed by atoms with Gasteiger partial charge in [0.2, 0.25) is 5.91 Å². The minimum Gasteiger partial charge on any atom is -0.281 e. The first-order chi connectivity index (χ1) is 13.7. The molecule has 1 unspecified atom stereocenters. The van der Waals surface area contributed by atoms with Gasteiger partial charge in [-0.25, -0.2) is 0 Å². The molecule has 0 aliphatic carbocycles. The molecule has 0 spiro atoms. The number of amides is 1. The third kappa shape index (κ3) is 7.88. The Balaban J connectivity index is 1.79. The quantitative estimate of drug-likeness (QED) is 0.324. The lowest BCUT2D eigenvalue weighted by Crippen LogP contribution is -2.25. The lowest BCUT2D eigenvalue weighted by Gasteiger charge is -2.23. The average molecular weight is 380 g/mol. The highest BCUT2D eigenvalue weighted by molar-refractivity contribution is 6.00. The molecule has 0 N–H and O–H groups in total. The molecule has 0 bridgehead atoms. The number of hydrogen-bond donors (Lipinski definition) is 0. The van der Waals surface area contributed by atoms with Gasteiger partial charge in [-0.1, -0.05) is 102 Å². The Morgan fingerprint density at radius 1 is 0.750 bits per heavy atom. The van der Waals surface area contributed by atoms with Crippen LogP contribution in [0.15, 0.2) is 60.7 Å². The first kappa shape index (κ1) is 22.2. The first-order valence-corrected chi connectivity index (χ1v) is 11.2. The lowest BCUT2D eigenvalue weighted by molar-refractivity contribution is -0.118. The number of unbranched alkanes of at least 4 members (excludes halogenated alkanes) is 5. The Labute approximate surface area is 172 Å². The van der Waals surface area contributed by atoms with Crippen molar-refractivity contribution in [2.75, 3.05) is 4.90 Å². The van der Waals surface area contributed by atoms with Gasteiger partial charge in [0.25, 0.3) is 0 Å². The van der Waals surface area contributed by atoms with Gasteiger partial charge in [0.05, 0.1) is 0 Å². The molecule has 152 valence electrons. The SMILES string of the molecule is CCCCCCCCC(C)CCCC(=O)N(c1ccccc1)c1ccccc1. The van der Waals surface area contributed by atoms with Gasteiger partial charge in [0, 0.05) is 17.8 Å². The molecule has 0 saturated carbocycles. The molecule has 0 saturated heterocycles. The summed E-state index contributed by atoms with van der Waals surface area (Å²) in [5, 5.41) is 0. The van der Waals surface area contributed by atoms with E-state index in [9.17, 15) is 4.79 Å². The monoisotopic (exact) mass is 379 g/mol. The molecule has 28 heavy (non-hydrogen) atoms. The van der Waals surface area contributed by atoms with Crippen molar-refractivity contribution in [2.45, 2.75) is 78.1 Å². The summed E-state index contributed by atoms with van der Waals surface area (Å²) in [4.78, 5) is 14.9. The predicted octanol–water partition coefficient (Wildman–Crippen LogP) is 7.91. The number of nitrogens with zero attached hydrogens (tertiary/aromatic N) is 1. The summed E-state index contributed by atoms with van der Waals surface area (Å²) in [7, 11) is 0. The number of anilines is 2. The van der Waals surface area contributed by atoms with Gasteiger partial charge in [0.15, 0.2) is 0 Å². The fourth-order valence-electron chi connectivity index (χ4n) is 3.72. The zero-order valence-corrected chi connectivity index (χ0v) is 17.8. The molecule has 0 fully saturated rings. The molecular formula is C26H37NO. The maximum Gasteiger partial charge on any atom is 0.231 e. The molecule has 0 aromatic heterocycles. The van der Waals surface area contributed by atoms with Crippen molar-refractivity contribution in [1.82, 2.24) is 0 Å². The van der Waals surface area contributed by atoms with Crippen LogP contribution in [0.5, 0.6) is 0 Å². The highest BCUT2D eigenvalue weighted by Crippen LogP contribution is 2.27. The van der Waals surface area contributed by atoms with E-state index in [1.54, 1.807) is 0 Å².